The van der Waals surface area contributed by atoms with Gasteiger partial charge in [-0.05, 0) is 24.3 Å². The molecular weight excluding hydrogens is 256 g/mol. The molecule has 92 valence electrons. The van der Waals surface area contributed by atoms with Gasteiger partial charge in [0.15, 0.2) is 5.69 Å². The van der Waals surface area contributed by atoms with E-state index in [1.54, 1.807) is 18.2 Å². The lowest BCUT2D eigenvalue weighted by Gasteiger charge is -2.08. The van der Waals surface area contributed by atoms with Gasteiger partial charge in [0.05, 0.1) is 11.2 Å². The van der Waals surface area contributed by atoms with Crippen molar-refractivity contribution in [2.24, 2.45) is 0 Å². The monoisotopic (exact) mass is 264 g/mol. The van der Waals surface area contributed by atoms with Gasteiger partial charge in [0.2, 0.25) is 5.91 Å². The SMILES string of the molecule is CC(=O)Nc1cc(C(=O)O)nc2cc(Cl)ccc12. The molecule has 18 heavy (non-hydrogen) atoms. The lowest BCUT2D eigenvalue weighted by atomic mass is 10.1. The maximum absolute atomic E-state index is 11.1. The third-order valence-electron chi connectivity index (χ3n) is 2.30. The van der Waals surface area contributed by atoms with Crippen molar-refractivity contribution in [1.82, 2.24) is 4.98 Å². The first-order chi connectivity index (χ1) is 8.47. The zero-order chi connectivity index (χ0) is 13.3. The molecule has 0 spiro atoms. The Morgan fingerprint density at radius 2 is 2.06 bits per heavy atom. The normalized spacial score (nSPS) is 10.3. The Labute approximate surface area is 107 Å². The van der Waals surface area contributed by atoms with Crippen LogP contribution in [0.3, 0.4) is 0 Å². The molecule has 6 heteroatoms. The first-order valence-electron chi connectivity index (χ1n) is 5.08. The van der Waals surface area contributed by atoms with Gasteiger partial charge in [0.25, 0.3) is 0 Å². The number of benzene rings is 1. The number of hydrogen-bond acceptors (Lipinski definition) is 3. The Hall–Kier alpha value is -2.14. The Kier molecular flexibility index (Phi) is 3.16. The molecular formula is C12H9ClN2O3. The van der Waals surface area contributed by atoms with Gasteiger partial charge in [-0.25, -0.2) is 9.78 Å². The summed E-state index contributed by atoms with van der Waals surface area (Å²) in [6.45, 7) is 1.35. The number of carboxylic acids is 1. The minimum atomic E-state index is -1.16. The highest BCUT2D eigenvalue weighted by Gasteiger charge is 2.11. The molecule has 0 bridgehead atoms. The largest absolute Gasteiger partial charge is 0.477 e. The summed E-state index contributed by atoms with van der Waals surface area (Å²) in [6.07, 6.45) is 0. The Morgan fingerprint density at radius 1 is 1.33 bits per heavy atom. The second kappa shape index (κ2) is 4.62. The maximum Gasteiger partial charge on any atom is 0.354 e. The summed E-state index contributed by atoms with van der Waals surface area (Å²) in [6, 6.07) is 6.20. The van der Waals surface area contributed by atoms with Crippen LogP contribution in [0.15, 0.2) is 24.3 Å². The van der Waals surface area contributed by atoms with Gasteiger partial charge in [-0.3, -0.25) is 4.79 Å². The van der Waals surface area contributed by atoms with E-state index in [2.05, 4.69) is 10.3 Å². The van der Waals surface area contributed by atoms with Crippen LogP contribution in [0.5, 0.6) is 0 Å². The lowest BCUT2D eigenvalue weighted by molar-refractivity contribution is -0.114. The molecule has 0 radical (unpaired) electrons. The minimum absolute atomic E-state index is 0.145. The molecule has 0 aliphatic heterocycles. The number of amides is 1. The number of anilines is 1. The van der Waals surface area contributed by atoms with Gasteiger partial charge in [-0.15, -0.1) is 0 Å². The van der Waals surface area contributed by atoms with E-state index in [0.29, 0.717) is 21.6 Å². The van der Waals surface area contributed by atoms with Crippen LogP contribution in [0.4, 0.5) is 5.69 Å². The number of aromatic carboxylic acids is 1. The zero-order valence-electron chi connectivity index (χ0n) is 9.40. The number of rotatable bonds is 2. The van der Waals surface area contributed by atoms with Gasteiger partial charge < -0.3 is 10.4 Å². The first kappa shape index (κ1) is 12.3. The number of carboxylic acid groups (broad SMARTS) is 1. The van der Waals surface area contributed by atoms with Crippen molar-refractivity contribution in [3.8, 4) is 0 Å². The molecule has 2 N–H and O–H groups in total. The molecule has 1 amide bonds. The standard InChI is InChI=1S/C12H9ClN2O3/c1-6(16)14-10-5-11(12(17)18)15-9-4-7(13)2-3-8(9)10/h2-5H,1H3,(H,17,18)(H,14,15,16). The Bertz CT molecular complexity index is 655. The molecule has 0 atom stereocenters. The third-order valence-corrected chi connectivity index (χ3v) is 2.54. The predicted molar refractivity (Wildman–Crippen MR) is 68.0 cm³/mol. The summed E-state index contributed by atoms with van der Waals surface area (Å²) in [4.78, 5) is 26.0. The van der Waals surface area contributed by atoms with Crippen LogP contribution < -0.4 is 5.32 Å². The number of hydrogen-bond donors (Lipinski definition) is 2. The van der Waals surface area contributed by atoms with Crippen LogP contribution in [-0.4, -0.2) is 22.0 Å². The highest BCUT2D eigenvalue weighted by molar-refractivity contribution is 6.31. The van der Waals surface area contributed by atoms with E-state index in [1.807, 2.05) is 0 Å². The van der Waals surface area contributed by atoms with Gasteiger partial charge in [0, 0.05) is 17.3 Å². The molecule has 0 aliphatic carbocycles. The van der Waals surface area contributed by atoms with Crippen molar-refractivity contribution < 1.29 is 14.7 Å². The van der Waals surface area contributed by atoms with Crippen LogP contribution in [-0.2, 0) is 4.79 Å². The summed E-state index contributed by atoms with van der Waals surface area (Å²) in [5.74, 6) is -1.45. The molecule has 2 aromatic rings. The van der Waals surface area contributed by atoms with E-state index in [4.69, 9.17) is 16.7 Å². The molecule has 0 fully saturated rings. The van der Waals surface area contributed by atoms with Crippen LogP contribution >= 0.6 is 11.6 Å². The molecule has 0 unspecified atom stereocenters. The van der Waals surface area contributed by atoms with E-state index in [-0.39, 0.29) is 11.6 Å². The van der Waals surface area contributed by atoms with Gasteiger partial charge in [0.1, 0.15) is 0 Å². The molecule has 1 aromatic carbocycles. The lowest BCUT2D eigenvalue weighted by Crippen LogP contribution is -2.09. The highest BCUT2D eigenvalue weighted by Crippen LogP contribution is 2.26. The third kappa shape index (κ3) is 2.41. The van der Waals surface area contributed by atoms with Crippen LogP contribution in [0.2, 0.25) is 5.02 Å². The summed E-state index contributed by atoms with van der Waals surface area (Å²) in [5, 5.41) is 12.6. The van der Waals surface area contributed by atoms with Crippen LogP contribution in [0.1, 0.15) is 17.4 Å². The summed E-state index contributed by atoms with van der Waals surface area (Å²) >= 11 is 5.83. The zero-order valence-corrected chi connectivity index (χ0v) is 10.2. The second-order valence-electron chi connectivity index (χ2n) is 3.70. The van der Waals surface area contributed by atoms with Crippen molar-refractivity contribution in [1.29, 1.82) is 0 Å². The molecule has 0 saturated heterocycles. The van der Waals surface area contributed by atoms with E-state index >= 15 is 0 Å². The van der Waals surface area contributed by atoms with E-state index in [0.717, 1.165) is 0 Å². The van der Waals surface area contributed by atoms with Gasteiger partial charge in [-0.1, -0.05) is 11.6 Å². The minimum Gasteiger partial charge on any atom is -0.477 e. The van der Waals surface area contributed by atoms with E-state index < -0.39 is 5.97 Å². The number of carbonyl (C=O) groups is 2. The topological polar surface area (TPSA) is 79.3 Å². The molecule has 1 heterocycles. The van der Waals surface area contributed by atoms with Crippen molar-refractivity contribution in [2.45, 2.75) is 6.92 Å². The van der Waals surface area contributed by atoms with Crippen molar-refractivity contribution in [2.75, 3.05) is 5.32 Å². The van der Waals surface area contributed by atoms with Crippen molar-refractivity contribution in [3.05, 3.63) is 35.0 Å². The Balaban J connectivity index is 2.72. The first-order valence-corrected chi connectivity index (χ1v) is 5.46. The fourth-order valence-electron chi connectivity index (χ4n) is 1.60. The van der Waals surface area contributed by atoms with E-state index in [1.165, 1.54) is 13.0 Å². The van der Waals surface area contributed by atoms with Gasteiger partial charge in [-0.2, -0.15) is 0 Å². The molecule has 2 rings (SSSR count). The number of fused-ring (bicyclic) bond motifs is 1. The fourth-order valence-corrected chi connectivity index (χ4v) is 1.77. The number of pyridine rings is 1. The molecule has 1 aromatic heterocycles. The summed E-state index contributed by atoms with van der Waals surface area (Å²) in [5.41, 5.74) is 0.682. The van der Waals surface area contributed by atoms with Crippen molar-refractivity contribution in [3.63, 3.8) is 0 Å². The number of nitrogens with one attached hydrogen (secondary N) is 1. The highest BCUT2D eigenvalue weighted by atomic mass is 35.5. The van der Waals surface area contributed by atoms with Gasteiger partial charge >= 0.3 is 5.97 Å². The molecule has 5 nitrogen and oxygen atoms in total. The average Bonchev–Trinajstić information content (AvgIpc) is 2.27. The second-order valence-corrected chi connectivity index (χ2v) is 4.14. The number of carbonyl (C=O) groups excluding carboxylic acids is 1. The molecule has 0 saturated carbocycles. The maximum atomic E-state index is 11.1. The summed E-state index contributed by atoms with van der Waals surface area (Å²) in [7, 11) is 0. The number of nitrogens with zero attached hydrogens (tertiary/aromatic N) is 1. The van der Waals surface area contributed by atoms with Crippen LogP contribution in [0.25, 0.3) is 10.9 Å². The van der Waals surface area contributed by atoms with E-state index in [9.17, 15) is 9.59 Å². The quantitative estimate of drug-likeness (QED) is 0.874. The molecule has 0 aliphatic rings. The average molecular weight is 265 g/mol. The number of aromatic nitrogens is 1. The van der Waals surface area contributed by atoms with Crippen molar-refractivity contribution >= 4 is 40.1 Å². The smallest absolute Gasteiger partial charge is 0.354 e. The Morgan fingerprint density at radius 3 is 2.67 bits per heavy atom. The predicted octanol–water partition coefficient (Wildman–Crippen LogP) is 2.54. The fraction of sp³-hybridized carbons (Fsp3) is 0.0833. The number of halogens is 1. The summed E-state index contributed by atoms with van der Waals surface area (Å²) < 4.78 is 0. The van der Waals surface area contributed by atoms with Crippen LogP contribution in [0, 0.1) is 0 Å².